The van der Waals surface area contributed by atoms with Crippen LogP contribution in [0.1, 0.15) is 24.1 Å². The Balaban J connectivity index is 1.85. The number of rotatable bonds is 5. The van der Waals surface area contributed by atoms with E-state index in [1.54, 1.807) is 7.05 Å². The van der Waals surface area contributed by atoms with E-state index in [1.165, 1.54) is 12.1 Å². The maximum atomic E-state index is 13.1. The van der Waals surface area contributed by atoms with E-state index < -0.39 is 11.6 Å². The third-order valence-corrected chi connectivity index (χ3v) is 3.50. The molecule has 0 bridgehead atoms. The van der Waals surface area contributed by atoms with Crippen LogP contribution in [0.25, 0.3) is 0 Å². The van der Waals surface area contributed by atoms with Crippen LogP contribution < -0.4 is 10.6 Å². The number of halogens is 2. The smallest absolute Gasteiger partial charge is 0.191 e. The molecule has 0 aromatic heterocycles. The summed E-state index contributed by atoms with van der Waals surface area (Å²) in [4.78, 5) is 4.17. The molecule has 2 rings (SSSR count). The Bertz CT molecular complexity index is 636. The lowest BCUT2D eigenvalue weighted by atomic mass is 10.1. The summed E-state index contributed by atoms with van der Waals surface area (Å²) < 4.78 is 26.3. The van der Waals surface area contributed by atoms with Gasteiger partial charge in [-0.05, 0) is 36.6 Å². The van der Waals surface area contributed by atoms with Gasteiger partial charge in [0, 0.05) is 19.7 Å². The summed E-state index contributed by atoms with van der Waals surface area (Å²) in [7, 11) is 1.69. The Kier molecular flexibility index (Phi) is 6.09. The molecule has 0 fully saturated rings. The van der Waals surface area contributed by atoms with Crippen LogP contribution in [0.3, 0.4) is 0 Å². The highest BCUT2D eigenvalue weighted by atomic mass is 19.1. The maximum absolute atomic E-state index is 13.1. The quantitative estimate of drug-likeness (QED) is 0.655. The first-order valence-corrected chi connectivity index (χ1v) is 7.55. The molecule has 23 heavy (non-hydrogen) atoms. The largest absolute Gasteiger partial charge is 0.356 e. The second-order valence-electron chi connectivity index (χ2n) is 5.30. The van der Waals surface area contributed by atoms with Crippen LogP contribution in [0.4, 0.5) is 8.78 Å². The summed E-state index contributed by atoms with van der Waals surface area (Å²) in [6.07, 6.45) is 0.509. The van der Waals surface area contributed by atoms with Crippen LogP contribution in [0.2, 0.25) is 0 Å². The molecule has 1 unspecified atom stereocenters. The second-order valence-corrected chi connectivity index (χ2v) is 5.30. The first-order valence-electron chi connectivity index (χ1n) is 7.55. The lowest BCUT2D eigenvalue weighted by molar-refractivity contribution is 0.579. The minimum atomic E-state index is -0.555. The Morgan fingerprint density at radius 3 is 2.35 bits per heavy atom. The molecule has 3 nitrogen and oxygen atoms in total. The van der Waals surface area contributed by atoms with Gasteiger partial charge in [-0.2, -0.15) is 0 Å². The van der Waals surface area contributed by atoms with E-state index >= 15 is 0 Å². The van der Waals surface area contributed by atoms with Crippen molar-refractivity contribution >= 4 is 5.96 Å². The van der Waals surface area contributed by atoms with E-state index in [1.807, 2.05) is 37.3 Å². The Morgan fingerprint density at radius 2 is 1.74 bits per heavy atom. The van der Waals surface area contributed by atoms with Crippen molar-refractivity contribution in [1.82, 2.24) is 10.6 Å². The molecule has 122 valence electrons. The fraction of sp³-hybridized carbons (Fsp3) is 0.278. The third kappa shape index (κ3) is 5.36. The number of hydrogen-bond donors (Lipinski definition) is 2. The molecule has 0 saturated carbocycles. The van der Waals surface area contributed by atoms with Gasteiger partial charge in [0.15, 0.2) is 5.96 Å². The van der Waals surface area contributed by atoms with Crippen molar-refractivity contribution < 1.29 is 8.78 Å². The predicted molar refractivity (Wildman–Crippen MR) is 89.4 cm³/mol. The van der Waals surface area contributed by atoms with Crippen molar-refractivity contribution in [3.05, 3.63) is 71.3 Å². The van der Waals surface area contributed by atoms with Crippen molar-refractivity contribution in [2.45, 2.75) is 19.4 Å². The first-order chi connectivity index (χ1) is 11.1. The first kappa shape index (κ1) is 16.9. The molecule has 0 spiro atoms. The molecule has 0 radical (unpaired) electrons. The van der Waals surface area contributed by atoms with Gasteiger partial charge in [0.25, 0.3) is 0 Å². The molecule has 1 atom stereocenters. The van der Waals surface area contributed by atoms with Gasteiger partial charge in [-0.3, -0.25) is 4.99 Å². The number of aliphatic imine (C=N–C) groups is 1. The molecule has 0 saturated heterocycles. The molecule has 2 N–H and O–H groups in total. The van der Waals surface area contributed by atoms with Gasteiger partial charge in [0.1, 0.15) is 11.6 Å². The van der Waals surface area contributed by atoms with Crippen molar-refractivity contribution in [3.8, 4) is 0 Å². The fourth-order valence-electron chi connectivity index (χ4n) is 2.31. The van der Waals surface area contributed by atoms with E-state index in [9.17, 15) is 8.78 Å². The molecule has 0 aliphatic heterocycles. The summed E-state index contributed by atoms with van der Waals surface area (Å²) in [5.41, 5.74) is 1.77. The van der Waals surface area contributed by atoms with Crippen molar-refractivity contribution in [3.63, 3.8) is 0 Å². The van der Waals surface area contributed by atoms with Gasteiger partial charge in [-0.25, -0.2) is 8.78 Å². The molecule has 2 aromatic carbocycles. The fourth-order valence-corrected chi connectivity index (χ4v) is 2.31. The number of hydrogen-bond acceptors (Lipinski definition) is 1. The summed E-state index contributed by atoms with van der Waals surface area (Å²) in [6, 6.07) is 13.7. The SMILES string of the molecule is CN=C(NCCc1cc(F)cc(F)c1)NC(C)c1ccccc1. The number of nitrogens with one attached hydrogen (secondary N) is 2. The zero-order valence-corrected chi connectivity index (χ0v) is 13.3. The molecule has 0 aliphatic carbocycles. The summed E-state index contributed by atoms with van der Waals surface area (Å²) in [5, 5.41) is 6.43. The summed E-state index contributed by atoms with van der Waals surface area (Å²) in [5.74, 6) is -0.460. The van der Waals surface area contributed by atoms with E-state index in [0.717, 1.165) is 11.6 Å². The highest BCUT2D eigenvalue weighted by Crippen LogP contribution is 2.11. The molecule has 5 heteroatoms. The number of guanidine groups is 1. The number of benzene rings is 2. The monoisotopic (exact) mass is 317 g/mol. The van der Waals surface area contributed by atoms with Gasteiger partial charge < -0.3 is 10.6 Å². The van der Waals surface area contributed by atoms with E-state index in [0.29, 0.717) is 24.5 Å². The average molecular weight is 317 g/mol. The van der Waals surface area contributed by atoms with Crippen LogP contribution >= 0.6 is 0 Å². The van der Waals surface area contributed by atoms with Crippen molar-refractivity contribution in [1.29, 1.82) is 0 Å². The van der Waals surface area contributed by atoms with Gasteiger partial charge in [0.05, 0.1) is 6.04 Å². The third-order valence-electron chi connectivity index (χ3n) is 3.50. The number of nitrogens with zero attached hydrogens (tertiary/aromatic N) is 1. The minimum absolute atomic E-state index is 0.106. The molecule has 0 heterocycles. The summed E-state index contributed by atoms with van der Waals surface area (Å²) in [6.45, 7) is 2.58. The van der Waals surface area contributed by atoms with Crippen molar-refractivity contribution in [2.75, 3.05) is 13.6 Å². The Hall–Kier alpha value is -2.43. The highest BCUT2D eigenvalue weighted by Gasteiger charge is 2.07. The Morgan fingerprint density at radius 1 is 1.09 bits per heavy atom. The van der Waals surface area contributed by atoms with Crippen LogP contribution in [0, 0.1) is 11.6 Å². The van der Waals surface area contributed by atoms with Crippen LogP contribution in [0.15, 0.2) is 53.5 Å². The molecule has 0 amide bonds. The van der Waals surface area contributed by atoms with Crippen LogP contribution in [-0.2, 0) is 6.42 Å². The van der Waals surface area contributed by atoms with Crippen LogP contribution in [-0.4, -0.2) is 19.6 Å². The van der Waals surface area contributed by atoms with E-state index in [-0.39, 0.29) is 6.04 Å². The van der Waals surface area contributed by atoms with E-state index in [2.05, 4.69) is 15.6 Å². The highest BCUT2D eigenvalue weighted by molar-refractivity contribution is 5.80. The molecule has 2 aromatic rings. The van der Waals surface area contributed by atoms with Gasteiger partial charge in [0.2, 0.25) is 0 Å². The second kappa shape index (κ2) is 8.27. The molecular weight excluding hydrogens is 296 g/mol. The summed E-state index contributed by atoms with van der Waals surface area (Å²) >= 11 is 0. The van der Waals surface area contributed by atoms with Gasteiger partial charge in [-0.15, -0.1) is 0 Å². The normalized spacial score (nSPS) is 12.8. The minimum Gasteiger partial charge on any atom is -0.356 e. The Labute approximate surface area is 135 Å². The lowest BCUT2D eigenvalue weighted by Gasteiger charge is -2.18. The zero-order chi connectivity index (χ0) is 16.7. The standard InChI is InChI=1S/C18H21F2N3/c1-13(15-6-4-3-5-7-15)23-18(21-2)22-9-8-14-10-16(19)12-17(20)11-14/h3-7,10-13H,8-9H2,1-2H3,(H2,21,22,23). The maximum Gasteiger partial charge on any atom is 0.191 e. The zero-order valence-electron chi connectivity index (χ0n) is 13.3. The van der Waals surface area contributed by atoms with Crippen LogP contribution in [0.5, 0.6) is 0 Å². The van der Waals surface area contributed by atoms with E-state index in [4.69, 9.17) is 0 Å². The van der Waals surface area contributed by atoms with Gasteiger partial charge in [-0.1, -0.05) is 30.3 Å². The molecular formula is C18H21F2N3. The molecule has 0 aliphatic rings. The van der Waals surface area contributed by atoms with Gasteiger partial charge >= 0.3 is 0 Å². The topological polar surface area (TPSA) is 36.4 Å². The lowest BCUT2D eigenvalue weighted by Crippen LogP contribution is -2.39. The van der Waals surface area contributed by atoms with Crippen molar-refractivity contribution in [2.24, 2.45) is 4.99 Å². The predicted octanol–water partition coefficient (Wildman–Crippen LogP) is 3.43. The average Bonchev–Trinajstić information content (AvgIpc) is 2.53.